The molecule has 1 atom stereocenters. The zero-order valence-corrected chi connectivity index (χ0v) is 17.6. The molecule has 1 amide bonds. The van der Waals surface area contributed by atoms with Crippen LogP contribution in [-0.2, 0) is 20.7 Å². The lowest BCUT2D eigenvalue weighted by Gasteiger charge is -2.20. The normalized spacial score (nSPS) is 12.0. The molecule has 29 heavy (non-hydrogen) atoms. The molecule has 154 valence electrons. The van der Waals surface area contributed by atoms with Crippen LogP contribution in [0.5, 0.6) is 0 Å². The van der Waals surface area contributed by atoms with Crippen LogP contribution in [-0.4, -0.2) is 36.6 Å². The van der Waals surface area contributed by atoms with Crippen LogP contribution in [0.1, 0.15) is 47.1 Å². The van der Waals surface area contributed by atoms with E-state index in [9.17, 15) is 14.4 Å². The van der Waals surface area contributed by atoms with Gasteiger partial charge in [0.15, 0.2) is 0 Å². The van der Waals surface area contributed by atoms with Crippen LogP contribution in [0.2, 0.25) is 5.02 Å². The molecule has 0 aliphatic carbocycles. The van der Waals surface area contributed by atoms with Crippen LogP contribution in [0.15, 0.2) is 48.5 Å². The second kappa shape index (κ2) is 9.56. The SMILES string of the molecule is COC(=O)[C@H](Cc1ccc(C(=O)OC(C)(C)C)cc1)NC(=O)c1ccc(Cl)cc1. The van der Waals surface area contributed by atoms with Crippen molar-refractivity contribution < 1.29 is 23.9 Å². The summed E-state index contributed by atoms with van der Waals surface area (Å²) in [5.41, 5.74) is 0.953. The number of carbonyl (C=O) groups is 3. The van der Waals surface area contributed by atoms with E-state index in [-0.39, 0.29) is 6.42 Å². The number of benzene rings is 2. The smallest absolute Gasteiger partial charge is 0.338 e. The first-order valence-corrected chi connectivity index (χ1v) is 9.43. The minimum atomic E-state index is -0.879. The predicted molar refractivity (Wildman–Crippen MR) is 110 cm³/mol. The van der Waals surface area contributed by atoms with E-state index in [4.69, 9.17) is 21.1 Å². The molecule has 0 unspecified atom stereocenters. The Bertz CT molecular complexity index is 870. The van der Waals surface area contributed by atoms with Gasteiger partial charge in [-0.1, -0.05) is 23.7 Å². The van der Waals surface area contributed by atoms with Gasteiger partial charge >= 0.3 is 11.9 Å². The zero-order valence-electron chi connectivity index (χ0n) is 16.8. The first-order valence-electron chi connectivity index (χ1n) is 9.05. The molecule has 0 bridgehead atoms. The van der Waals surface area contributed by atoms with Crippen molar-refractivity contribution >= 4 is 29.4 Å². The Labute approximate surface area is 175 Å². The maximum atomic E-state index is 12.4. The minimum Gasteiger partial charge on any atom is -0.467 e. The lowest BCUT2D eigenvalue weighted by molar-refractivity contribution is -0.142. The number of methoxy groups -OCH3 is 1. The molecule has 0 spiro atoms. The van der Waals surface area contributed by atoms with Crippen molar-refractivity contribution in [3.8, 4) is 0 Å². The molecule has 2 aromatic rings. The number of halogens is 1. The summed E-state index contributed by atoms with van der Waals surface area (Å²) in [4.78, 5) is 36.7. The summed E-state index contributed by atoms with van der Waals surface area (Å²) in [6.07, 6.45) is 0.209. The summed E-state index contributed by atoms with van der Waals surface area (Å²) in [7, 11) is 1.26. The molecule has 0 aliphatic heterocycles. The minimum absolute atomic E-state index is 0.209. The highest BCUT2D eigenvalue weighted by Crippen LogP contribution is 2.15. The van der Waals surface area contributed by atoms with Crippen molar-refractivity contribution in [2.45, 2.75) is 38.8 Å². The van der Waals surface area contributed by atoms with Crippen molar-refractivity contribution in [3.63, 3.8) is 0 Å². The lowest BCUT2D eigenvalue weighted by Crippen LogP contribution is -2.43. The third kappa shape index (κ3) is 6.91. The van der Waals surface area contributed by atoms with Crippen molar-refractivity contribution in [1.29, 1.82) is 0 Å². The summed E-state index contributed by atoms with van der Waals surface area (Å²) in [5.74, 6) is -1.41. The van der Waals surface area contributed by atoms with Gasteiger partial charge in [0, 0.05) is 17.0 Å². The average molecular weight is 418 g/mol. The van der Waals surface area contributed by atoms with Gasteiger partial charge in [0.2, 0.25) is 0 Å². The fraction of sp³-hybridized carbons (Fsp3) is 0.318. The van der Waals surface area contributed by atoms with Crippen LogP contribution < -0.4 is 5.32 Å². The Kier molecular flexibility index (Phi) is 7.40. The second-order valence-corrected chi connectivity index (χ2v) is 7.90. The van der Waals surface area contributed by atoms with E-state index in [0.29, 0.717) is 16.1 Å². The molecule has 0 aromatic heterocycles. The summed E-state index contributed by atoms with van der Waals surface area (Å²) in [6, 6.07) is 12.1. The molecule has 0 heterocycles. The molecular weight excluding hydrogens is 394 g/mol. The number of amides is 1. The molecule has 0 saturated carbocycles. The molecule has 6 nitrogen and oxygen atoms in total. The molecule has 2 rings (SSSR count). The molecule has 0 saturated heterocycles. The number of nitrogens with one attached hydrogen (secondary N) is 1. The number of ether oxygens (including phenoxy) is 2. The Balaban J connectivity index is 2.10. The monoisotopic (exact) mass is 417 g/mol. The Morgan fingerprint density at radius 3 is 2.03 bits per heavy atom. The van der Waals surface area contributed by atoms with E-state index >= 15 is 0 Å². The predicted octanol–water partition coefficient (Wildman–Crippen LogP) is 3.81. The maximum absolute atomic E-state index is 12.4. The first-order chi connectivity index (χ1) is 13.6. The van der Waals surface area contributed by atoms with Crippen molar-refractivity contribution in [1.82, 2.24) is 5.32 Å². The van der Waals surface area contributed by atoms with Crippen molar-refractivity contribution in [3.05, 3.63) is 70.2 Å². The number of esters is 2. The maximum Gasteiger partial charge on any atom is 0.338 e. The Morgan fingerprint density at radius 2 is 1.52 bits per heavy atom. The van der Waals surface area contributed by atoms with Crippen molar-refractivity contribution in [2.75, 3.05) is 7.11 Å². The third-order valence-electron chi connectivity index (χ3n) is 3.93. The van der Waals surface area contributed by atoms with E-state index in [1.54, 1.807) is 69.3 Å². The largest absolute Gasteiger partial charge is 0.467 e. The van der Waals surface area contributed by atoms with Gasteiger partial charge < -0.3 is 14.8 Å². The standard InChI is InChI=1S/C22H24ClNO5/c1-22(2,3)29-20(26)16-7-5-14(6-8-16)13-18(21(27)28-4)24-19(25)15-9-11-17(23)12-10-15/h5-12,18H,13H2,1-4H3,(H,24,25)/t18-/m0/s1. The van der Waals surface area contributed by atoms with E-state index in [0.717, 1.165) is 5.56 Å². The van der Waals surface area contributed by atoms with E-state index in [1.165, 1.54) is 7.11 Å². The number of rotatable bonds is 6. The zero-order chi connectivity index (χ0) is 21.6. The molecule has 7 heteroatoms. The summed E-state index contributed by atoms with van der Waals surface area (Å²) in [6.45, 7) is 5.39. The van der Waals surface area contributed by atoms with Crippen LogP contribution >= 0.6 is 11.6 Å². The highest BCUT2D eigenvalue weighted by Gasteiger charge is 2.23. The van der Waals surface area contributed by atoms with Crippen molar-refractivity contribution in [2.24, 2.45) is 0 Å². The highest BCUT2D eigenvalue weighted by molar-refractivity contribution is 6.30. The molecule has 1 N–H and O–H groups in total. The van der Waals surface area contributed by atoms with E-state index in [1.807, 2.05) is 0 Å². The van der Waals surface area contributed by atoms with Crippen LogP contribution in [0.25, 0.3) is 0 Å². The fourth-order valence-corrected chi connectivity index (χ4v) is 2.65. The van der Waals surface area contributed by atoms with Crippen LogP contribution in [0.3, 0.4) is 0 Å². The average Bonchev–Trinajstić information content (AvgIpc) is 2.66. The van der Waals surface area contributed by atoms with Gasteiger partial charge in [0.25, 0.3) is 5.91 Å². The van der Waals surface area contributed by atoms with Gasteiger partial charge in [-0.05, 0) is 62.7 Å². The summed E-state index contributed by atoms with van der Waals surface area (Å²) >= 11 is 5.83. The first kappa shape index (κ1) is 22.4. The van der Waals surface area contributed by atoms with Gasteiger partial charge in [0.1, 0.15) is 11.6 Å². The Morgan fingerprint density at radius 1 is 0.966 bits per heavy atom. The number of carbonyl (C=O) groups excluding carboxylic acids is 3. The summed E-state index contributed by atoms with van der Waals surface area (Å²) < 4.78 is 10.1. The van der Waals surface area contributed by atoms with Gasteiger partial charge in [-0.25, -0.2) is 9.59 Å². The van der Waals surface area contributed by atoms with Gasteiger partial charge in [-0.15, -0.1) is 0 Å². The highest BCUT2D eigenvalue weighted by atomic mass is 35.5. The molecule has 0 aliphatic rings. The molecule has 2 aromatic carbocycles. The van der Waals surface area contributed by atoms with Gasteiger partial charge in [-0.2, -0.15) is 0 Å². The molecular formula is C22H24ClNO5. The van der Waals surface area contributed by atoms with Gasteiger partial charge in [0.05, 0.1) is 12.7 Å². The Hall–Kier alpha value is -2.86. The third-order valence-corrected chi connectivity index (χ3v) is 4.18. The lowest BCUT2D eigenvalue weighted by atomic mass is 10.0. The number of hydrogen-bond acceptors (Lipinski definition) is 5. The van der Waals surface area contributed by atoms with E-state index in [2.05, 4.69) is 5.32 Å². The topological polar surface area (TPSA) is 81.7 Å². The second-order valence-electron chi connectivity index (χ2n) is 7.46. The number of hydrogen-bond donors (Lipinski definition) is 1. The quantitative estimate of drug-likeness (QED) is 0.723. The van der Waals surface area contributed by atoms with Crippen LogP contribution in [0, 0.1) is 0 Å². The van der Waals surface area contributed by atoms with E-state index < -0.39 is 29.5 Å². The van der Waals surface area contributed by atoms with Crippen LogP contribution in [0.4, 0.5) is 0 Å². The summed E-state index contributed by atoms with van der Waals surface area (Å²) in [5, 5.41) is 3.18. The molecule has 0 radical (unpaired) electrons. The van der Waals surface area contributed by atoms with Gasteiger partial charge in [-0.3, -0.25) is 4.79 Å². The fourth-order valence-electron chi connectivity index (χ4n) is 2.53. The molecule has 0 fully saturated rings.